The topological polar surface area (TPSA) is 108 Å². The molecule has 4 rings (SSSR count). The standard InChI is InChI=1S/C23H28FN3O6S/c1-23(2,3)33-22(28)27-10-15-12-31-20(11-27)18(15)13-32-21-25-8-14(9-26-21)17-6-5-16(7-19(17)24)34(4,29)30/h5-9,15,18,20H,10-13H2,1-4H3/t15?,18-,20?/m1/s1. The van der Waals surface area contributed by atoms with Crippen LogP contribution in [-0.4, -0.2) is 73.6 Å². The maximum atomic E-state index is 14.4. The van der Waals surface area contributed by atoms with Gasteiger partial charge in [-0.2, -0.15) is 0 Å². The number of aromatic nitrogens is 2. The zero-order chi connectivity index (χ0) is 24.7. The van der Waals surface area contributed by atoms with Gasteiger partial charge in [0.15, 0.2) is 9.84 Å². The molecule has 0 radical (unpaired) electrons. The Bertz CT molecular complexity index is 1150. The van der Waals surface area contributed by atoms with E-state index in [1.54, 1.807) is 4.90 Å². The minimum absolute atomic E-state index is 0.0861. The van der Waals surface area contributed by atoms with Crippen molar-refractivity contribution in [3.05, 3.63) is 36.4 Å². The molecule has 0 aliphatic carbocycles. The van der Waals surface area contributed by atoms with Gasteiger partial charge in [-0.15, -0.1) is 0 Å². The highest BCUT2D eigenvalue weighted by molar-refractivity contribution is 7.90. The number of nitrogens with zero attached hydrogens (tertiary/aromatic N) is 3. The van der Waals surface area contributed by atoms with Crippen molar-refractivity contribution < 1.29 is 31.8 Å². The lowest BCUT2D eigenvalue weighted by atomic mass is 9.87. The fourth-order valence-electron chi connectivity index (χ4n) is 4.13. The summed E-state index contributed by atoms with van der Waals surface area (Å²) in [6.07, 6.45) is 3.37. The summed E-state index contributed by atoms with van der Waals surface area (Å²) >= 11 is 0. The van der Waals surface area contributed by atoms with Crippen LogP contribution in [0.2, 0.25) is 0 Å². The van der Waals surface area contributed by atoms with Crippen molar-refractivity contribution in [2.75, 3.05) is 32.6 Å². The van der Waals surface area contributed by atoms with Crippen molar-refractivity contribution in [3.63, 3.8) is 0 Å². The molecular formula is C23H28FN3O6S. The molecule has 2 aliphatic rings. The highest BCUT2D eigenvalue weighted by atomic mass is 32.2. The van der Waals surface area contributed by atoms with Crippen molar-refractivity contribution >= 4 is 15.9 Å². The molecule has 3 atom stereocenters. The summed E-state index contributed by atoms with van der Waals surface area (Å²) in [6, 6.07) is 3.86. The van der Waals surface area contributed by atoms with E-state index in [9.17, 15) is 17.6 Å². The first-order chi connectivity index (χ1) is 15.9. The Balaban J connectivity index is 1.36. The van der Waals surface area contributed by atoms with Crippen LogP contribution in [-0.2, 0) is 19.3 Å². The van der Waals surface area contributed by atoms with Gasteiger partial charge in [0, 0.05) is 48.2 Å². The highest BCUT2D eigenvalue weighted by Gasteiger charge is 2.45. The number of piperidine rings is 1. The molecule has 0 N–H and O–H groups in total. The molecule has 3 heterocycles. The number of rotatable bonds is 5. The smallest absolute Gasteiger partial charge is 0.410 e. The number of sulfone groups is 1. The van der Waals surface area contributed by atoms with E-state index in [1.165, 1.54) is 24.5 Å². The Morgan fingerprint density at radius 2 is 1.94 bits per heavy atom. The van der Waals surface area contributed by atoms with Gasteiger partial charge in [0.05, 0.1) is 30.8 Å². The largest absolute Gasteiger partial charge is 0.463 e. The Hall–Kier alpha value is -2.79. The van der Waals surface area contributed by atoms with E-state index in [4.69, 9.17) is 14.2 Å². The average molecular weight is 494 g/mol. The molecule has 2 saturated heterocycles. The number of ether oxygens (including phenoxy) is 3. The lowest BCUT2D eigenvalue weighted by Gasteiger charge is -2.36. The second-order valence-electron chi connectivity index (χ2n) is 9.66. The van der Waals surface area contributed by atoms with Crippen molar-refractivity contribution in [1.29, 1.82) is 0 Å². The van der Waals surface area contributed by atoms with E-state index in [-0.39, 0.29) is 40.5 Å². The molecule has 0 spiro atoms. The Kier molecular flexibility index (Phi) is 6.52. The number of hydrogen-bond donors (Lipinski definition) is 0. The van der Waals surface area contributed by atoms with Gasteiger partial charge >= 0.3 is 12.1 Å². The van der Waals surface area contributed by atoms with Crippen molar-refractivity contribution in [2.24, 2.45) is 11.8 Å². The van der Waals surface area contributed by atoms with Gasteiger partial charge < -0.3 is 19.1 Å². The summed E-state index contributed by atoms with van der Waals surface area (Å²) in [4.78, 5) is 22.3. The quantitative estimate of drug-likeness (QED) is 0.626. The van der Waals surface area contributed by atoms with Crippen LogP contribution in [0.15, 0.2) is 35.5 Å². The molecule has 2 aliphatic heterocycles. The molecule has 0 saturated carbocycles. The molecule has 11 heteroatoms. The van der Waals surface area contributed by atoms with Crippen LogP contribution in [0.1, 0.15) is 20.8 Å². The second-order valence-corrected chi connectivity index (χ2v) is 11.7. The monoisotopic (exact) mass is 493 g/mol. The molecular weight excluding hydrogens is 465 g/mol. The van der Waals surface area contributed by atoms with Crippen molar-refractivity contribution in [2.45, 2.75) is 37.4 Å². The second kappa shape index (κ2) is 9.10. The molecule has 184 valence electrons. The number of fused-ring (bicyclic) bond motifs is 2. The van der Waals surface area contributed by atoms with E-state index < -0.39 is 21.3 Å². The number of hydrogen-bond acceptors (Lipinski definition) is 8. The fourth-order valence-corrected chi connectivity index (χ4v) is 4.76. The number of benzene rings is 1. The van der Waals surface area contributed by atoms with Crippen molar-refractivity contribution in [3.8, 4) is 17.1 Å². The SMILES string of the molecule is CC(C)(C)OC(=O)N1CC2COC(C1)[C@@H]2COc1ncc(-c2ccc(S(C)(=O)=O)cc2F)cn1. The number of carbonyl (C=O) groups is 1. The first kappa shape index (κ1) is 24.3. The third kappa shape index (κ3) is 5.47. The molecule has 34 heavy (non-hydrogen) atoms. The molecule has 1 aromatic heterocycles. The molecule has 2 bridgehead atoms. The first-order valence-corrected chi connectivity index (χ1v) is 12.8. The number of halogens is 1. The van der Waals surface area contributed by atoms with Gasteiger partial charge in [0.2, 0.25) is 0 Å². The Labute approximate surface area is 198 Å². The summed E-state index contributed by atoms with van der Waals surface area (Å²) < 4.78 is 54.7. The van der Waals surface area contributed by atoms with E-state index in [1.807, 2.05) is 20.8 Å². The van der Waals surface area contributed by atoms with Crippen LogP contribution >= 0.6 is 0 Å². The van der Waals surface area contributed by atoms with Crippen LogP contribution in [0.25, 0.3) is 11.1 Å². The highest BCUT2D eigenvalue weighted by Crippen LogP contribution is 2.34. The molecule has 2 aromatic rings. The normalized spacial score (nSPS) is 22.5. The maximum absolute atomic E-state index is 14.4. The van der Waals surface area contributed by atoms with E-state index in [0.29, 0.717) is 31.9 Å². The third-order valence-corrected chi connectivity index (χ3v) is 6.94. The minimum atomic E-state index is -3.50. The number of carbonyl (C=O) groups excluding carboxylic acids is 1. The van der Waals surface area contributed by atoms with Gasteiger partial charge in [0.25, 0.3) is 0 Å². The van der Waals surface area contributed by atoms with E-state index in [2.05, 4.69) is 9.97 Å². The molecule has 2 unspecified atom stereocenters. The summed E-state index contributed by atoms with van der Waals surface area (Å²) in [6.45, 7) is 7.33. The van der Waals surface area contributed by atoms with Gasteiger partial charge in [-0.05, 0) is 32.9 Å². The maximum Gasteiger partial charge on any atom is 0.410 e. The van der Waals surface area contributed by atoms with Gasteiger partial charge in [0.1, 0.15) is 11.4 Å². The number of likely N-dealkylation sites (tertiary alicyclic amines) is 1. The van der Waals surface area contributed by atoms with Crippen LogP contribution in [0, 0.1) is 17.7 Å². The Morgan fingerprint density at radius 1 is 1.24 bits per heavy atom. The predicted molar refractivity (Wildman–Crippen MR) is 121 cm³/mol. The van der Waals surface area contributed by atoms with Crippen LogP contribution < -0.4 is 4.74 Å². The summed E-state index contributed by atoms with van der Waals surface area (Å²) in [5.74, 6) is -0.471. The van der Waals surface area contributed by atoms with E-state index >= 15 is 0 Å². The zero-order valence-electron chi connectivity index (χ0n) is 19.5. The summed E-state index contributed by atoms with van der Waals surface area (Å²) in [5, 5.41) is 0. The fraction of sp³-hybridized carbons (Fsp3) is 0.522. The van der Waals surface area contributed by atoms with Crippen LogP contribution in [0.4, 0.5) is 9.18 Å². The Morgan fingerprint density at radius 3 is 2.53 bits per heavy atom. The number of amides is 1. The van der Waals surface area contributed by atoms with Gasteiger partial charge in [-0.3, -0.25) is 0 Å². The predicted octanol–water partition coefficient (Wildman–Crippen LogP) is 2.95. The third-order valence-electron chi connectivity index (χ3n) is 5.83. The lowest BCUT2D eigenvalue weighted by molar-refractivity contribution is -0.00580. The first-order valence-electron chi connectivity index (χ1n) is 10.9. The molecule has 1 amide bonds. The van der Waals surface area contributed by atoms with Crippen LogP contribution in [0.5, 0.6) is 6.01 Å². The van der Waals surface area contributed by atoms with Gasteiger partial charge in [-0.1, -0.05) is 6.07 Å². The summed E-state index contributed by atoms with van der Waals surface area (Å²) in [5.41, 5.74) is 0.0397. The minimum Gasteiger partial charge on any atom is -0.463 e. The van der Waals surface area contributed by atoms with Crippen LogP contribution in [0.3, 0.4) is 0 Å². The molecule has 1 aromatic carbocycles. The molecule has 2 fully saturated rings. The lowest BCUT2D eigenvalue weighted by Crippen LogP contribution is -2.50. The average Bonchev–Trinajstić information content (AvgIpc) is 2.97. The van der Waals surface area contributed by atoms with E-state index in [0.717, 1.165) is 12.3 Å². The molecule has 9 nitrogen and oxygen atoms in total. The van der Waals surface area contributed by atoms with Gasteiger partial charge in [-0.25, -0.2) is 27.6 Å². The summed E-state index contributed by atoms with van der Waals surface area (Å²) in [7, 11) is -3.50. The zero-order valence-corrected chi connectivity index (χ0v) is 20.3. The van der Waals surface area contributed by atoms with Crippen molar-refractivity contribution in [1.82, 2.24) is 14.9 Å².